The normalized spacial score (nSPS) is 11.9. The van der Waals surface area contributed by atoms with Crippen molar-refractivity contribution >= 4 is 28.9 Å². The summed E-state index contributed by atoms with van der Waals surface area (Å²) in [5.41, 5.74) is 0.776. The lowest BCUT2D eigenvalue weighted by molar-refractivity contribution is 0.674. The molecule has 0 radical (unpaired) electrons. The summed E-state index contributed by atoms with van der Waals surface area (Å²) in [4.78, 5) is 0. The zero-order valence-electron chi connectivity index (χ0n) is 8.43. The third-order valence-corrected chi connectivity index (χ3v) is 2.71. The molecule has 80 valence electrons. The van der Waals surface area contributed by atoms with Gasteiger partial charge in [-0.3, -0.25) is 0 Å². The zero-order valence-corrected chi connectivity index (χ0v) is 9.94. The quantitative estimate of drug-likeness (QED) is 0.868. The van der Waals surface area contributed by atoms with E-state index in [4.69, 9.17) is 28.5 Å². The predicted molar refractivity (Wildman–Crippen MR) is 64.3 cm³/mol. The van der Waals surface area contributed by atoms with Gasteiger partial charge in [0.1, 0.15) is 0 Å². The van der Waals surface area contributed by atoms with E-state index in [0.29, 0.717) is 16.6 Å². The van der Waals surface area contributed by atoms with E-state index in [-0.39, 0.29) is 5.92 Å². The largest absolute Gasteiger partial charge is 0.382 e. The molecular formula is C11H12Cl2N2. The Morgan fingerprint density at radius 2 is 2.20 bits per heavy atom. The third-order valence-electron chi connectivity index (χ3n) is 2.14. The molecule has 1 atom stereocenters. The first kappa shape index (κ1) is 12.2. The number of nitriles is 1. The molecule has 1 N–H and O–H groups in total. The van der Waals surface area contributed by atoms with Crippen LogP contribution in [0.3, 0.4) is 0 Å². The number of nitrogens with zero attached hydrogens (tertiary/aromatic N) is 1. The van der Waals surface area contributed by atoms with Crippen LogP contribution in [0, 0.1) is 17.2 Å². The summed E-state index contributed by atoms with van der Waals surface area (Å²) in [5.74, 6) is 0.0000447. The minimum atomic E-state index is 0.0000447. The molecule has 0 aliphatic heterocycles. The summed E-state index contributed by atoms with van der Waals surface area (Å²) >= 11 is 11.8. The van der Waals surface area contributed by atoms with Crippen molar-refractivity contribution in [2.24, 2.45) is 5.92 Å². The van der Waals surface area contributed by atoms with Crippen LogP contribution in [0.25, 0.3) is 0 Å². The van der Waals surface area contributed by atoms with Crippen LogP contribution in [0.5, 0.6) is 0 Å². The standard InChI is InChI=1S/C11H12Cl2N2/c1-2-8(6-14)7-15-11-5-9(12)3-4-10(11)13/h3-5,8,15H,2,7H2,1H3. The molecule has 0 fully saturated rings. The average molecular weight is 243 g/mol. The fraction of sp³-hybridized carbons (Fsp3) is 0.364. The second-order valence-electron chi connectivity index (χ2n) is 3.24. The van der Waals surface area contributed by atoms with Gasteiger partial charge in [-0.25, -0.2) is 0 Å². The molecule has 4 heteroatoms. The third kappa shape index (κ3) is 3.62. The molecule has 0 saturated carbocycles. The monoisotopic (exact) mass is 242 g/mol. The van der Waals surface area contributed by atoms with Gasteiger partial charge in [0, 0.05) is 11.6 Å². The molecule has 0 amide bonds. The van der Waals surface area contributed by atoms with E-state index in [0.717, 1.165) is 12.1 Å². The number of hydrogen-bond acceptors (Lipinski definition) is 2. The maximum absolute atomic E-state index is 8.78. The van der Waals surface area contributed by atoms with Crippen molar-refractivity contribution in [1.82, 2.24) is 0 Å². The van der Waals surface area contributed by atoms with Crippen LogP contribution < -0.4 is 5.32 Å². The fourth-order valence-electron chi connectivity index (χ4n) is 1.15. The minimum Gasteiger partial charge on any atom is -0.382 e. The van der Waals surface area contributed by atoms with Gasteiger partial charge in [-0.2, -0.15) is 5.26 Å². The molecule has 1 unspecified atom stereocenters. The van der Waals surface area contributed by atoms with Gasteiger partial charge in [-0.1, -0.05) is 30.1 Å². The first-order valence-electron chi connectivity index (χ1n) is 4.76. The lowest BCUT2D eigenvalue weighted by Crippen LogP contribution is -2.11. The topological polar surface area (TPSA) is 35.8 Å². The van der Waals surface area contributed by atoms with Gasteiger partial charge >= 0.3 is 0 Å². The molecule has 0 heterocycles. The SMILES string of the molecule is CCC(C#N)CNc1cc(Cl)ccc1Cl. The summed E-state index contributed by atoms with van der Waals surface area (Å²) in [6, 6.07) is 7.44. The Balaban J connectivity index is 2.65. The Kier molecular flexibility index (Phi) is 4.74. The number of halogens is 2. The Morgan fingerprint density at radius 1 is 1.47 bits per heavy atom. The highest BCUT2D eigenvalue weighted by atomic mass is 35.5. The summed E-state index contributed by atoms with van der Waals surface area (Å²) in [5, 5.41) is 13.1. The van der Waals surface area contributed by atoms with Crippen LogP contribution in [-0.2, 0) is 0 Å². The number of hydrogen-bond donors (Lipinski definition) is 1. The first-order chi connectivity index (χ1) is 7.17. The number of rotatable bonds is 4. The van der Waals surface area contributed by atoms with Crippen LogP contribution >= 0.6 is 23.2 Å². The van der Waals surface area contributed by atoms with Gasteiger partial charge in [-0.15, -0.1) is 0 Å². The molecule has 1 aromatic carbocycles. The molecular weight excluding hydrogens is 231 g/mol. The highest BCUT2D eigenvalue weighted by Crippen LogP contribution is 2.25. The maximum atomic E-state index is 8.78. The molecule has 0 aliphatic rings. The van der Waals surface area contributed by atoms with Gasteiger partial charge < -0.3 is 5.32 Å². The van der Waals surface area contributed by atoms with Crippen molar-refractivity contribution in [2.45, 2.75) is 13.3 Å². The Bertz CT molecular complexity index is 371. The second-order valence-corrected chi connectivity index (χ2v) is 4.08. The van der Waals surface area contributed by atoms with Gasteiger partial charge in [0.2, 0.25) is 0 Å². The van der Waals surface area contributed by atoms with Gasteiger partial charge in [-0.05, 0) is 24.6 Å². The zero-order chi connectivity index (χ0) is 11.3. The summed E-state index contributed by atoms with van der Waals surface area (Å²) in [6.45, 7) is 2.57. The maximum Gasteiger partial charge on any atom is 0.0674 e. The molecule has 0 bridgehead atoms. The van der Waals surface area contributed by atoms with Crippen LogP contribution in [0.4, 0.5) is 5.69 Å². The van der Waals surface area contributed by atoms with Gasteiger partial charge in [0.15, 0.2) is 0 Å². The lowest BCUT2D eigenvalue weighted by Gasteiger charge is -2.11. The lowest BCUT2D eigenvalue weighted by atomic mass is 10.1. The van der Waals surface area contributed by atoms with Crippen molar-refractivity contribution < 1.29 is 0 Å². The molecule has 0 aliphatic carbocycles. The summed E-state index contributed by atoms with van der Waals surface area (Å²) in [6.07, 6.45) is 0.821. The van der Waals surface area contributed by atoms with E-state index in [1.54, 1.807) is 18.2 Å². The first-order valence-corrected chi connectivity index (χ1v) is 5.51. The van der Waals surface area contributed by atoms with E-state index < -0.39 is 0 Å². The Hall–Kier alpha value is -0.910. The number of anilines is 1. The van der Waals surface area contributed by atoms with Gasteiger partial charge in [0.25, 0.3) is 0 Å². The molecule has 0 saturated heterocycles. The predicted octanol–water partition coefficient (Wildman–Crippen LogP) is 3.96. The highest BCUT2D eigenvalue weighted by Gasteiger charge is 2.06. The van der Waals surface area contributed by atoms with E-state index in [2.05, 4.69) is 11.4 Å². The van der Waals surface area contributed by atoms with Crippen LogP contribution in [0.15, 0.2) is 18.2 Å². The van der Waals surface area contributed by atoms with Crippen molar-refractivity contribution in [3.05, 3.63) is 28.2 Å². The Labute approximate surface area is 99.8 Å². The van der Waals surface area contributed by atoms with E-state index in [1.165, 1.54) is 0 Å². The van der Waals surface area contributed by atoms with Crippen LogP contribution in [0.1, 0.15) is 13.3 Å². The summed E-state index contributed by atoms with van der Waals surface area (Å²) in [7, 11) is 0. The molecule has 1 aromatic rings. The molecule has 0 spiro atoms. The highest BCUT2D eigenvalue weighted by molar-refractivity contribution is 6.35. The van der Waals surface area contributed by atoms with E-state index >= 15 is 0 Å². The summed E-state index contributed by atoms with van der Waals surface area (Å²) < 4.78 is 0. The molecule has 2 nitrogen and oxygen atoms in total. The van der Waals surface area contributed by atoms with Gasteiger partial charge in [0.05, 0.1) is 22.7 Å². The molecule has 15 heavy (non-hydrogen) atoms. The minimum absolute atomic E-state index is 0.0000447. The average Bonchev–Trinajstić information content (AvgIpc) is 2.24. The van der Waals surface area contributed by atoms with Crippen molar-refractivity contribution in [1.29, 1.82) is 5.26 Å². The van der Waals surface area contributed by atoms with E-state index in [1.807, 2.05) is 6.92 Å². The second kappa shape index (κ2) is 5.85. The van der Waals surface area contributed by atoms with Crippen LogP contribution in [-0.4, -0.2) is 6.54 Å². The smallest absolute Gasteiger partial charge is 0.0674 e. The van der Waals surface area contributed by atoms with Crippen molar-refractivity contribution in [2.75, 3.05) is 11.9 Å². The Morgan fingerprint density at radius 3 is 2.80 bits per heavy atom. The fourth-order valence-corrected chi connectivity index (χ4v) is 1.50. The molecule has 1 rings (SSSR count). The number of nitrogens with one attached hydrogen (secondary N) is 1. The van der Waals surface area contributed by atoms with E-state index in [9.17, 15) is 0 Å². The van der Waals surface area contributed by atoms with Crippen LogP contribution in [0.2, 0.25) is 10.0 Å². The number of benzene rings is 1. The van der Waals surface area contributed by atoms with Crippen molar-refractivity contribution in [3.8, 4) is 6.07 Å². The molecule has 0 aromatic heterocycles. The van der Waals surface area contributed by atoms with Crippen molar-refractivity contribution in [3.63, 3.8) is 0 Å².